The van der Waals surface area contributed by atoms with Crippen molar-refractivity contribution in [1.29, 1.82) is 0 Å². The van der Waals surface area contributed by atoms with Crippen LogP contribution in [0.2, 0.25) is 0 Å². The summed E-state index contributed by atoms with van der Waals surface area (Å²) in [5.41, 5.74) is 0. The maximum atomic E-state index is 8.88. The molecule has 0 heterocycles. The summed E-state index contributed by atoms with van der Waals surface area (Å²) >= 11 is -17.1. The molecule has 37 heteroatoms. The molecule has 0 amide bonds. The molecule has 37 heavy (non-hydrogen) atoms. The van der Waals surface area contributed by atoms with Gasteiger partial charge in [0.05, 0.1) is 0 Å². The summed E-state index contributed by atoms with van der Waals surface area (Å²) in [6, 6.07) is 0. The molecule has 0 spiro atoms. The van der Waals surface area contributed by atoms with E-state index in [-0.39, 0.29) is 26.2 Å². The van der Waals surface area contributed by atoms with Crippen molar-refractivity contribution < 1.29 is 216 Å². The first-order chi connectivity index (χ1) is 14.9. The first-order valence-corrected chi connectivity index (χ1v) is 25.8. The van der Waals surface area contributed by atoms with Crippen LogP contribution in [-0.2, 0) is 142 Å². The first-order valence-electron chi connectivity index (χ1n) is 5.13. The Balaban J connectivity index is -0.0000000345. The van der Waals surface area contributed by atoms with Gasteiger partial charge >= 0.3 is 170 Å². The maximum Gasteiger partial charge on any atom is 4.00 e. The minimum absolute atomic E-state index is 0. The van der Waals surface area contributed by atoms with Crippen LogP contribution >= 0.6 is 31.3 Å². The Labute approximate surface area is 244 Å². The SMILES string of the molecule is O=P(O)(O)O.O=P(O)(O)O.O=P(O)(O)O.O=P(O)(O)O.[O]=[W](=[O])[O-].[O]=[W](=[O])[O-].[O]=[W](=[O])[O-].[O]=[W](=[O])[O-].[Zr+4]. The molecule has 0 unspecified atom stereocenters. The van der Waals surface area contributed by atoms with E-state index in [0.717, 1.165) is 0 Å². The molecule has 0 aliphatic heterocycles. The van der Waals surface area contributed by atoms with Crippen molar-refractivity contribution in [3.8, 4) is 0 Å². The third-order valence-electron chi connectivity index (χ3n) is 0. The summed E-state index contributed by atoms with van der Waals surface area (Å²) in [5.74, 6) is 0. The number of rotatable bonds is 0. The van der Waals surface area contributed by atoms with Crippen LogP contribution in [0.25, 0.3) is 0 Å². The predicted octanol–water partition coefficient (Wildman–Crippen LogP) is -9.43. The third-order valence-corrected chi connectivity index (χ3v) is 0. The normalized spacial score (nSPS) is 9.08. The first kappa shape index (κ1) is 62.8. The smallest absolute Gasteiger partial charge is 4.00 e. The Morgan fingerprint density at radius 3 is 0.324 bits per heavy atom. The summed E-state index contributed by atoms with van der Waals surface area (Å²) in [6.45, 7) is 0. The van der Waals surface area contributed by atoms with Gasteiger partial charge in [0.25, 0.3) is 0 Å². The minimum atomic E-state index is -4.64. The van der Waals surface area contributed by atoms with Crippen LogP contribution in [0.15, 0.2) is 0 Å². The third kappa shape index (κ3) is 9420. The summed E-state index contributed by atoms with van der Waals surface area (Å²) in [7, 11) is -18.6. The van der Waals surface area contributed by atoms with Crippen LogP contribution in [0.3, 0.4) is 0 Å². The van der Waals surface area contributed by atoms with Crippen LogP contribution < -0.4 is 15.0 Å². The average molecular weight is 1410 g/mol. The summed E-state index contributed by atoms with van der Waals surface area (Å²) < 4.78 is 139. The van der Waals surface area contributed by atoms with Crippen molar-refractivity contribution in [2.75, 3.05) is 0 Å². The molecule has 228 valence electrons. The summed E-state index contributed by atoms with van der Waals surface area (Å²) in [4.78, 5) is 86.2. The van der Waals surface area contributed by atoms with E-state index in [4.69, 9.17) is 119 Å². The van der Waals surface area contributed by atoms with Crippen LogP contribution in [0, 0.1) is 0 Å². The van der Waals surface area contributed by atoms with Gasteiger partial charge in [0, 0.05) is 0 Å². The molecule has 0 rings (SSSR count). The summed E-state index contributed by atoms with van der Waals surface area (Å²) in [6.07, 6.45) is 0. The van der Waals surface area contributed by atoms with E-state index in [1.165, 1.54) is 0 Å². The minimum Gasteiger partial charge on any atom is 4.00 e. The Morgan fingerprint density at radius 1 is 0.324 bits per heavy atom. The van der Waals surface area contributed by atoms with Crippen molar-refractivity contribution in [2.45, 2.75) is 0 Å². The van der Waals surface area contributed by atoms with Crippen molar-refractivity contribution in [3.63, 3.8) is 0 Å². The molecule has 0 saturated carbocycles. The monoisotopic (exact) mass is 1410 g/mol. The van der Waals surface area contributed by atoms with Crippen LogP contribution in [-0.4, -0.2) is 58.7 Å². The van der Waals surface area contributed by atoms with E-state index in [9.17, 15) is 0 Å². The Kier molecular flexibility index (Phi) is 61.7. The fraction of sp³-hybridized carbons (Fsp3) is 0. The Hall–Kier alpha value is 2.32. The van der Waals surface area contributed by atoms with Crippen molar-refractivity contribution in [1.82, 2.24) is 0 Å². The molecule has 0 aromatic heterocycles. The Bertz CT molecular complexity index is 741. The second kappa shape index (κ2) is 36.3. The maximum absolute atomic E-state index is 8.88. The van der Waals surface area contributed by atoms with Crippen molar-refractivity contribution >= 4 is 31.3 Å². The second-order valence-corrected chi connectivity index (χ2v) is 12.8. The van der Waals surface area contributed by atoms with Gasteiger partial charge in [0.15, 0.2) is 0 Å². The molecule has 0 aromatic rings. The second-order valence-electron chi connectivity index (χ2n) is 2.87. The molecule has 0 saturated heterocycles. The molecule has 0 fully saturated rings. The molecule has 28 nitrogen and oxygen atoms in total. The molecule has 0 aliphatic carbocycles. The molecule has 0 bridgehead atoms. The standard InChI is InChI=1S/4H3O4P.12O.4W.Zr/c4*1-5(2,3)4;;;;;;;;;;;;;;;;;/h4*(H3,1,2,3,4);;;;;;;;;;;;;;;;;/q;;;;;;;;;;;;4*-1;;;;;+4. The van der Waals surface area contributed by atoms with Gasteiger partial charge < -0.3 is 58.7 Å². The molecule has 12 N–H and O–H groups in total. The number of hydrogen-bond acceptors (Lipinski definition) is 16. The molecule has 0 aromatic carbocycles. The average Bonchev–Trinajstić information content (AvgIpc) is 2.24. The fourth-order valence-corrected chi connectivity index (χ4v) is 0. The number of hydrogen-bond donors (Lipinski definition) is 12. The van der Waals surface area contributed by atoms with Crippen molar-refractivity contribution in [3.05, 3.63) is 0 Å². The predicted molar refractivity (Wildman–Crippen MR) is 62.5 cm³/mol. The largest absolute Gasteiger partial charge is 4.00 e. The van der Waals surface area contributed by atoms with Gasteiger partial charge in [0.1, 0.15) is 0 Å². The van der Waals surface area contributed by atoms with Gasteiger partial charge in [-0.15, -0.1) is 0 Å². The van der Waals surface area contributed by atoms with E-state index in [1.807, 2.05) is 0 Å². The molecular weight excluding hydrogens is 1400 g/mol. The van der Waals surface area contributed by atoms with Gasteiger partial charge in [-0.25, -0.2) is 18.3 Å². The Morgan fingerprint density at radius 2 is 0.324 bits per heavy atom. The molecule has 0 aliphatic rings. The molecular formula is H12O28P4W4Zr. The molecule has 0 atom stereocenters. The van der Waals surface area contributed by atoms with Crippen molar-refractivity contribution in [2.24, 2.45) is 0 Å². The van der Waals surface area contributed by atoms with Gasteiger partial charge in [-0.2, -0.15) is 0 Å². The quantitative estimate of drug-likeness (QED) is 0.100. The van der Waals surface area contributed by atoms with Crippen LogP contribution in [0.5, 0.6) is 0 Å². The van der Waals surface area contributed by atoms with Crippen LogP contribution in [0.4, 0.5) is 0 Å². The zero-order chi connectivity index (χ0) is 32.3. The molecule has 0 radical (unpaired) electrons. The van der Waals surface area contributed by atoms with Crippen LogP contribution in [0.1, 0.15) is 0 Å². The van der Waals surface area contributed by atoms with Gasteiger partial charge in [-0.1, -0.05) is 0 Å². The topological polar surface area (TPSA) is 540 Å². The van der Waals surface area contributed by atoms with E-state index >= 15 is 0 Å². The van der Waals surface area contributed by atoms with Gasteiger partial charge in [-0.3, -0.25) is 0 Å². The zero-order valence-electron chi connectivity index (χ0n) is 15.8. The van der Waals surface area contributed by atoms with E-state index in [2.05, 4.69) is 0 Å². The van der Waals surface area contributed by atoms with E-state index in [0.29, 0.717) is 0 Å². The summed E-state index contributed by atoms with van der Waals surface area (Å²) in [5, 5.41) is 0. The fourth-order valence-electron chi connectivity index (χ4n) is 0. The van der Waals surface area contributed by atoms with E-state index < -0.39 is 102 Å². The van der Waals surface area contributed by atoms with Gasteiger partial charge in [0.2, 0.25) is 0 Å². The zero-order valence-corrected chi connectivity index (χ0v) is 33.6. The van der Waals surface area contributed by atoms with E-state index in [1.54, 1.807) is 0 Å². The van der Waals surface area contributed by atoms with Gasteiger partial charge in [-0.05, 0) is 0 Å². The number of phosphoric acid groups is 4.